The Balaban J connectivity index is 1.24. The van der Waals surface area contributed by atoms with E-state index in [1.165, 1.54) is 11.0 Å². The topological polar surface area (TPSA) is 111 Å². The first kappa shape index (κ1) is 17.9. The Bertz CT molecular complexity index is 1120. The van der Waals surface area contributed by atoms with Crippen molar-refractivity contribution in [1.82, 2.24) is 44.9 Å². The van der Waals surface area contributed by atoms with Gasteiger partial charge in [0, 0.05) is 44.1 Å². The smallest absolute Gasteiger partial charge is 0.254 e. The van der Waals surface area contributed by atoms with Gasteiger partial charge in [0.1, 0.15) is 12.7 Å². The Kier molecular flexibility index (Phi) is 4.60. The first-order valence-corrected chi connectivity index (χ1v) is 9.48. The fraction of sp³-hybridized carbons (Fsp3) is 0.211. The fourth-order valence-electron chi connectivity index (χ4n) is 3.40. The van der Waals surface area contributed by atoms with E-state index in [2.05, 4.69) is 35.6 Å². The number of benzene rings is 1. The van der Waals surface area contributed by atoms with Crippen molar-refractivity contribution >= 4 is 11.7 Å². The largest absolute Gasteiger partial charge is 0.352 e. The second-order valence-electron chi connectivity index (χ2n) is 6.80. The van der Waals surface area contributed by atoms with Gasteiger partial charge in [-0.05, 0) is 40.8 Å². The molecular formula is C19H18N10O. The summed E-state index contributed by atoms with van der Waals surface area (Å²) in [5.41, 5.74) is 1.36. The molecule has 0 N–H and O–H groups in total. The standard InChI is InChI=1S/C19H18N10O/c30-19(15-2-1-3-16(12-15)29-14-21-24-25-29)27-10-8-26(9-11-27)17-4-5-18(23-22-17)28-7-6-20-13-28/h1-7,12-14H,8-11H2. The molecule has 30 heavy (non-hydrogen) atoms. The summed E-state index contributed by atoms with van der Waals surface area (Å²) in [4.78, 5) is 20.9. The van der Waals surface area contributed by atoms with Crippen molar-refractivity contribution in [2.24, 2.45) is 0 Å². The molecule has 0 aliphatic carbocycles. The number of piperazine rings is 1. The van der Waals surface area contributed by atoms with Crippen molar-refractivity contribution in [3.8, 4) is 11.5 Å². The fourth-order valence-corrected chi connectivity index (χ4v) is 3.40. The molecule has 0 radical (unpaired) electrons. The molecule has 150 valence electrons. The van der Waals surface area contributed by atoms with E-state index in [0.29, 0.717) is 37.6 Å². The lowest BCUT2D eigenvalue weighted by Crippen LogP contribution is -2.49. The van der Waals surface area contributed by atoms with Gasteiger partial charge in [0.2, 0.25) is 0 Å². The summed E-state index contributed by atoms with van der Waals surface area (Å²) in [6.45, 7) is 2.60. The van der Waals surface area contributed by atoms with Crippen molar-refractivity contribution in [3.63, 3.8) is 0 Å². The molecule has 0 saturated carbocycles. The van der Waals surface area contributed by atoms with Gasteiger partial charge in [-0.1, -0.05) is 6.07 Å². The molecule has 1 aliphatic rings. The average molecular weight is 402 g/mol. The first-order valence-electron chi connectivity index (χ1n) is 9.48. The Morgan fingerprint density at radius 3 is 2.47 bits per heavy atom. The van der Waals surface area contributed by atoms with Crippen LogP contribution in [0.15, 0.2) is 61.4 Å². The van der Waals surface area contributed by atoms with E-state index in [4.69, 9.17) is 0 Å². The molecule has 0 atom stereocenters. The van der Waals surface area contributed by atoms with Crippen LogP contribution in [0.2, 0.25) is 0 Å². The molecular weight excluding hydrogens is 384 g/mol. The molecule has 1 aromatic carbocycles. The normalized spacial score (nSPS) is 14.1. The third-order valence-corrected chi connectivity index (χ3v) is 5.00. The van der Waals surface area contributed by atoms with Gasteiger partial charge in [0.15, 0.2) is 11.6 Å². The predicted octanol–water partition coefficient (Wildman–Crippen LogP) is 0.600. The number of amides is 1. The van der Waals surface area contributed by atoms with Crippen molar-refractivity contribution < 1.29 is 4.79 Å². The van der Waals surface area contributed by atoms with Crippen molar-refractivity contribution in [3.05, 3.63) is 67.0 Å². The Morgan fingerprint density at radius 2 is 1.77 bits per heavy atom. The van der Waals surface area contributed by atoms with E-state index >= 15 is 0 Å². The molecule has 4 heterocycles. The lowest BCUT2D eigenvalue weighted by molar-refractivity contribution is 0.0746. The van der Waals surface area contributed by atoms with Gasteiger partial charge in [-0.15, -0.1) is 15.3 Å². The average Bonchev–Trinajstić information content (AvgIpc) is 3.54. The number of carbonyl (C=O) groups excluding carboxylic acids is 1. The number of hydrogen-bond donors (Lipinski definition) is 0. The van der Waals surface area contributed by atoms with Gasteiger partial charge in [-0.3, -0.25) is 9.36 Å². The lowest BCUT2D eigenvalue weighted by atomic mass is 10.1. The number of imidazole rings is 1. The van der Waals surface area contributed by atoms with Crippen molar-refractivity contribution in [2.45, 2.75) is 0 Å². The molecule has 0 bridgehead atoms. The van der Waals surface area contributed by atoms with Gasteiger partial charge >= 0.3 is 0 Å². The minimum absolute atomic E-state index is 0.00823. The monoisotopic (exact) mass is 402 g/mol. The maximum absolute atomic E-state index is 13.0. The highest BCUT2D eigenvalue weighted by molar-refractivity contribution is 5.95. The highest BCUT2D eigenvalue weighted by atomic mass is 16.2. The number of anilines is 1. The summed E-state index contributed by atoms with van der Waals surface area (Å²) < 4.78 is 3.33. The maximum Gasteiger partial charge on any atom is 0.254 e. The van der Waals surface area contributed by atoms with Crippen LogP contribution in [-0.4, -0.2) is 76.9 Å². The van der Waals surface area contributed by atoms with Gasteiger partial charge in [0.05, 0.1) is 5.69 Å². The van der Waals surface area contributed by atoms with E-state index in [1.807, 2.05) is 41.4 Å². The summed E-state index contributed by atoms with van der Waals surface area (Å²) >= 11 is 0. The summed E-state index contributed by atoms with van der Waals surface area (Å²) in [7, 11) is 0. The van der Waals surface area contributed by atoms with Crippen LogP contribution in [-0.2, 0) is 0 Å². The molecule has 4 aromatic rings. The van der Waals surface area contributed by atoms with Crippen LogP contribution in [0.1, 0.15) is 10.4 Å². The summed E-state index contributed by atoms with van der Waals surface area (Å²) in [5, 5.41) is 19.7. The van der Waals surface area contributed by atoms with Crippen molar-refractivity contribution in [1.29, 1.82) is 0 Å². The van der Waals surface area contributed by atoms with Crippen LogP contribution in [0.4, 0.5) is 5.82 Å². The van der Waals surface area contributed by atoms with E-state index in [0.717, 1.165) is 11.5 Å². The number of carbonyl (C=O) groups is 1. The molecule has 3 aromatic heterocycles. The number of tetrazole rings is 1. The van der Waals surface area contributed by atoms with E-state index in [-0.39, 0.29) is 5.91 Å². The molecule has 11 nitrogen and oxygen atoms in total. The van der Waals surface area contributed by atoms with Crippen LogP contribution in [0, 0.1) is 0 Å². The second-order valence-corrected chi connectivity index (χ2v) is 6.80. The lowest BCUT2D eigenvalue weighted by Gasteiger charge is -2.35. The third-order valence-electron chi connectivity index (χ3n) is 5.00. The Hall–Kier alpha value is -4.15. The quantitative estimate of drug-likeness (QED) is 0.488. The van der Waals surface area contributed by atoms with Gasteiger partial charge in [-0.2, -0.15) is 0 Å². The van der Waals surface area contributed by atoms with Crippen molar-refractivity contribution in [2.75, 3.05) is 31.1 Å². The van der Waals surface area contributed by atoms with Crippen LogP contribution >= 0.6 is 0 Å². The Labute approximate surface area is 171 Å². The van der Waals surface area contributed by atoms with Crippen LogP contribution in [0.25, 0.3) is 11.5 Å². The summed E-state index contributed by atoms with van der Waals surface area (Å²) in [6, 6.07) is 11.1. The molecule has 0 spiro atoms. The van der Waals surface area contributed by atoms with Gasteiger partial charge in [-0.25, -0.2) is 9.67 Å². The minimum atomic E-state index is -0.00823. The molecule has 1 fully saturated rings. The zero-order valence-electron chi connectivity index (χ0n) is 16.0. The van der Waals surface area contributed by atoms with Crippen LogP contribution in [0.5, 0.6) is 0 Å². The first-order chi connectivity index (χ1) is 14.8. The van der Waals surface area contributed by atoms with Crippen LogP contribution in [0.3, 0.4) is 0 Å². The summed E-state index contributed by atoms with van der Waals surface area (Å²) in [6.07, 6.45) is 6.71. The maximum atomic E-state index is 13.0. The zero-order chi connectivity index (χ0) is 20.3. The van der Waals surface area contributed by atoms with E-state index in [1.54, 1.807) is 23.2 Å². The molecule has 11 heteroatoms. The van der Waals surface area contributed by atoms with Crippen LogP contribution < -0.4 is 4.90 Å². The van der Waals surface area contributed by atoms with Gasteiger partial charge < -0.3 is 9.80 Å². The SMILES string of the molecule is O=C(c1cccc(-n2cnnn2)c1)N1CCN(c2ccc(-n3ccnc3)nn2)CC1. The molecule has 1 aliphatic heterocycles. The Morgan fingerprint density at radius 1 is 0.933 bits per heavy atom. The predicted molar refractivity (Wildman–Crippen MR) is 106 cm³/mol. The highest BCUT2D eigenvalue weighted by Gasteiger charge is 2.23. The number of hydrogen-bond acceptors (Lipinski definition) is 8. The van der Waals surface area contributed by atoms with E-state index < -0.39 is 0 Å². The minimum Gasteiger partial charge on any atom is -0.352 e. The van der Waals surface area contributed by atoms with Gasteiger partial charge in [0.25, 0.3) is 5.91 Å². The van der Waals surface area contributed by atoms with E-state index in [9.17, 15) is 4.79 Å². The molecule has 0 unspecified atom stereocenters. The molecule has 1 amide bonds. The summed E-state index contributed by atoms with van der Waals surface area (Å²) in [5.74, 6) is 1.50. The third kappa shape index (κ3) is 3.48. The zero-order valence-corrected chi connectivity index (χ0v) is 16.0. The molecule has 1 saturated heterocycles. The number of rotatable bonds is 4. The second kappa shape index (κ2) is 7.70. The number of aromatic nitrogens is 8. The highest BCUT2D eigenvalue weighted by Crippen LogP contribution is 2.17. The molecule has 5 rings (SSSR count). The number of nitrogens with zero attached hydrogens (tertiary/aromatic N) is 10.